The maximum Gasteiger partial charge on any atom is 0.159 e. The number of hydrogen-bond donors (Lipinski definition) is 0. The maximum absolute atomic E-state index is 5.94. The number of benzene rings is 2. The number of aryl methyl sites for hydroxylation is 2. The summed E-state index contributed by atoms with van der Waals surface area (Å²) in [5, 5.41) is 1.46. The summed E-state index contributed by atoms with van der Waals surface area (Å²) in [5.74, 6) is 0.733. The van der Waals surface area contributed by atoms with Gasteiger partial charge in [0, 0.05) is 33.4 Å². The molecule has 3 aromatic rings. The largest absolute Gasteiger partial charge is 0.233 e. The molecule has 4 heteroatoms. The third-order valence-electron chi connectivity index (χ3n) is 3.82. The summed E-state index contributed by atoms with van der Waals surface area (Å²) in [4.78, 5) is 9.33. The van der Waals surface area contributed by atoms with Crippen LogP contribution in [0.2, 0.25) is 10.0 Å². The van der Waals surface area contributed by atoms with Crippen LogP contribution < -0.4 is 0 Å². The van der Waals surface area contributed by atoms with E-state index in [1.807, 2.05) is 62.4 Å². The Bertz CT molecular complexity index is 802. The highest BCUT2D eigenvalue weighted by Crippen LogP contribution is 2.23. The van der Waals surface area contributed by atoms with E-state index in [0.29, 0.717) is 5.02 Å². The molecule has 116 valence electrons. The third-order valence-corrected chi connectivity index (χ3v) is 4.32. The first kappa shape index (κ1) is 16.0. The minimum atomic E-state index is 0.710. The van der Waals surface area contributed by atoms with Crippen LogP contribution in [0, 0.1) is 13.8 Å². The van der Waals surface area contributed by atoms with Crippen molar-refractivity contribution < 1.29 is 0 Å². The molecule has 0 aliphatic heterocycles. The Morgan fingerprint density at radius 1 is 0.739 bits per heavy atom. The Labute approximate surface area is 146 Å². The maximum atomic E-state index is 5.94. The predicted molar refractivity (Wildman–Crippen MR) is 96.2 cm³/mol. The topological polar surface area (TPSA) is 25.8 Å². The fourth-order valence-electron chi connectivity index (χ4n) is 2.53. The van der Waals surface area contributed by atoms with Crippen LogP contribution in [-0.4, -0.2) is 9.97 Å². The molecule has 0 fully saturated rings. The van der Waals surface area contributed by atoms with Crippen molar-refractivity contribution in [2.45, 2.75) is 20.3 Å². The van der Waals surface area contributed by atoms with Crippen molar-refractivity contribution in [1.82, 2.24) is 9.97 Å². The Balaban J connectivity index is 1.94. The second-order valence-electron chi connectivity index (χ2n) is 5.51. The average molecular weight is 343 g/mol. The Hall–Kier alpha value is -1.90. The second-order valence-corrected chi connectivity index (χ2v) is 6.38. The lowest BCUT2D eigenvalue weighted by molar-refractivity contribution is 0.980. The number of aromatic nitrogens is 2. The molecule has 0 bridgehead atoms. The smallest absolute Gasteiger partial charge is 0.159 e. The number of hydrogen-bond acceptors (Lipinski definition) is 2. The van der Waals surface area contributed by atoms with Gasteiger partial charge in [-0.15, -0.1) is 0 Å². The van der Waals surface area contributed by atoms with E-state index in [9.17, 15) is 0 Å². The first-order chi connectivity index (χ1) is 11.0. The van der Waals surface area contributed by atoms with Gasteiger partial charge in [0.15, 0.2) is 5.82 Å². The van der Waals surface area contributed by atoms with Gasteiger partial charge in [-0.1, -0.05) is 35.3 Å². The first-order valence-electron chi connectivity index (χ1n) is 7.37. The van der Waals surface area contributed by atoms with Gasteiger partial charge in [0.05, 0.1) is 0 Å². The van der Waals surface area contributed by atoms with Crippen LogP contribution >= 0.6 is 23.2 Å². The average Bonchev–Trinajstić information content (AvgIpc) is 2.53. The summed E-state index contributed by atoms with van der Waals surface area (Å²) in [6.07, 6.45) is 0.801. The normalized spacial score (nSPS) is 10.8. The lowest BCUT2D eigenvalue weighted by Crippen LogP contribution is -2.03. The minimum Gasteiger partial charge on any atom is -0.233 e. The zero-order chi connectivity index (χ0) is 16.4. The quantitative estimate of drug-likeness (QED) is 0.613. The van der Waals surface area contributed by atoms with E-state index in [2.05, 4.69) is 9.97 Å². The van der Waals surface area contributed by atoms with Crippen LogP contribution in [-0.2, 0) is 6.42 Å². The first-order valence-corrected chi connectivity index (χ1v) is 8.13. The lowest BCUT2D eigenvalue weighted by atomic mass is 10.0. The van der Waals surface area contributed by atoms with Crippen LogP contribution in [0.3, 0.4) is 0 Å². The SMILES string of the molecule is Cc1nc(-c2ccc(Cl)cc2)nc(C)c1Cc1ccc(Cl)cc1. The van der Waals surface area contributed by atoms with Crippen molar-refractivity contribution in [3.63, 3.8) is 0 Å². The number of rotatable bonds is 3. The zero-order valence-corrected chi connectivity index (χ0v) is 14.5. The van der Waals surface area contributed by atoms with E-state index in [-0.39, 0.29) is 0 Å². The summed E-state index contributed by atoms with van der Waals surface area (Å²) >= 11 is 11.9. The molecule has 23 heavy (non-hydrogen) atoms. The second kappa shape index (κ2) is 6.69. The molecule has 0 N–H and O–H groups in total. The summed E-state index contributed by atoms with van der Waals surface area (Å²) in [5.41, 5.74) is 5.32. The lowest BCUT2D eigenvalue weighted by Gasteiger charge is -2.11. The standard InChI is InChI=1S/C19H16Cl2N2/c1-12-18(11-14-3-7-16(20)8-4-14)13(2)23-19(22-12)15-5-9-17(21)10-6-15/h3-10H,11H2,1-2H3. The highest BCUT2D eigenvalue weighted by molar-refractivity contribution is 6.30. The summed E-state index contributed by atoms with van der Waals surface area (Å²) in [6, 6.07) is 15.5. The molecular formula is C19H16Cl2N2. The number of halogens is 2. The van der Waals surface area contributed by atoms with E-state index in [1.165, 1.54) is 5.56 Å². The molecule has 0 unspecified atom stereocenters. The van der Waals surface area contributed by atoms with Gasteiger partial charge < -0.3 is 0 Å². The predicted octanol–water partition coefficient (Wildman–Crippen LogP) is 5.66. The van der Waals surface area contributed by atoms with E-state index in [0.717, 1.165) is 39.8 Å². The van der Waals surface area contributed by atoms with E-state index >= 15 is 0 Å². The van der Waals surface area contributed by atoms with Crippen molar-refractivity contribution in [3.8, 4) is 11.4 Å². The molecule has 0 amide bonds. The van der Waals surface area contributed by atoms with E-state index in [4.69, 9.17) is 23.2 Å². The fraction of sp³-hybridized carbons (Fsp3) is 0.158. The molecule has 0 radical (unpaired) electrons. The fourth-order valence-corrected chi connectivity index (χ4v) is 2.78. The number of nitrogens with zero attached hydrogens (tertiary/aromatic N) is 2. The molecule has 0 spiro atoms. The summed E-state index contributed by atoms with van der Waals surface area (Å²) in [7, 11) is 0. The van der Waals surface area contributed by atoms with Crippen LogP contribution in [0.15, 0.2) is 48.5 Å². The van der Waals surface area contributed by atoms with Crippen molar-refractivity contribution >= 4 is 23.2 Å². The third kappa shape index (κ3) is 3.72. The summed E-state index contributed by atoms with van der Waals surface area (Å²) in [6.45, 7) is 4.05. The van der Waals surface area contributed by atoms with Crippen molar-refractivity contribution in [2.75, 3.05) is 0 Å². The molecule has 0 aliphatic rings. The zero-order valence-electron chi connectivity index (χ0n) is 13.0. The van der Waals surface area contributed by atoms with Crippen molar-refractivity contribution in [2.24, 2.45) is 0 Å². The van der Waals surface area contributed by atoms with Gasteiger partial charge in [0.1, 0.15) is 0 Å². The molecule has 1 heterocycles. The molecule has 3 rings (SSSR count). The molecular weight excluding hydrogens is 327 g/mol. The highest BCUT2D eigenvalue weighted by atomic mass is 35.5. The van der Waals surface area contributed by atoms with Crippen molar-refractivity contribution in [1.29, 1.82) is 0 Å². The highest BCUT2D eigenvalue weighted by Gasteiger charge is 2.11. The summed E-state index contributed by atoms with van der Waals surface area (Å²) < 4.78 is 0. The molecule has 0 saturated heterocycles. The van der Waals surface area contributed by atoms with E-state index in [1.54, 1.807) is 0 Å². The van der Waals surface area contributed by atoms with Gasteiger partial charge in [0.25, 0.3) is 0 Å². The molecule has 2 nitrogen and oxygen atoms in total. The Kier molecular flexibility index (Phi) is 4.65. The minimum absolute atomic E-state index is 0.710. The molecule has 0 atom stereocenters. The molecule has 1 aromatic heterocycles. The van der Waals surface area contributed by atoms with Crippen LogP contribution in [0.5, 0.6) is 0 Å². The Morgan fingerprint density at radius 2 is 1.22 bits per heavy atom. The van der Waals surface area contributed by atoms with Crippen LogP contribution in [0.1, 0.15) is 22.5 Å². The van der Waals surface area contributed by atoms with Gasteiger partial charge in [-0.3, -0.25) is 0 Å². The molecule has 0 saturated carbocycles. The van der Waals surface area contributed by atoms with E-state index < -0.39 is 0 Å². The van der Waals surface area contributed by atoms with Crippen LogP contribution in [0.25, 0.3) is 11.4 Å². The van der Waals surface area contributed by atoms with Gasteiger partial charge in [-0.25, -0.2) is 9.97 Å². The Morgan fingerprint density at radius 3 is 1.74 bits per heavy atom. The van der Waals surface area contributed by atoms with Crippen molar-refractivity contribution in [3.05, 3.63) is 81.1 Å². The van der Waals surface area contributed by atoms with Gasteiger partial charge in [-0.2, -0.15) is 0 Å². The monoisotopic (exact) mass is 342 g/mol. The molecule has 0 aliphatic carbocycles. The van der Waals surface area contributed by atoms with Gasteiger partial charge in [0.2, 0.25) is 0 Å². The van der Waals surface area contributed by atoms with Gasteiger partial charge in [-0.05, 0) is 61.4 Å². The molecule has 2 aromatic carbocycles. The van der Waals surface area contributed by atoms with Gasteiger partial charge >= 0.3 is 0 Å². The van der Waals surface area contributed by atoms with Crippen LogP contribution in [0.4, 0.5) is 0 Å².